The van der Waals surface area contributed by atoms with Crippen molar-refractivity contribution in [2.75, 3.05) is 14.1 Å². The Labute approximate surface area is 70.3 Å². The molecule has 0 saturated carbocycles. The van der Waals surface area contributed by atoms with Gasteiger partial charge in [0, 0.05) is 26.1 Å². The van der Waals surface area contributed by atoms with E-state index in [2.05, 4.69) is 37.6 Å². The van der Waals surface area contributed by atoms with Gasteiger partial charge in [-0.2, -0.15) is 0 Å². The Morgan fingerprint density at radius 2 is 1.55 bits per heavy atom. The molecule has 0 radical (unpaired) electrons. The van der Waals surface area contributed by atoms with Crippen LogP contribution in [0.25, 0.3) is 0 Å². The van der Waals surface area contributed by atoms with Crippen molar-refractivity contribution in [1.29, 1.82) is 0 Å². The Hall–Kier alpha value is -0.530. The largest absolute Gasteiger partial charge is 0.366 e. The van der Waals surface area contributed by atoms with Gasteiger partial charge in [-0.05, 0) is 13.8 Å². The fourth-order valence-electron chi connectivity index (χ4n) is 1.05. The molecule has 2 nitrogen and oxygen atoms in total. The lowest BCUT2D eigenvalue weighted by atomic mass is 10.2. The SMILES string of the molecule is CC(C)/N=C(/C(C)C)N(C)C. The molecule has 0 spiro atoms. The zero-order valence-corrected chi connectivity index (χ0v) is 8.55. The molecule has 0 atom stereocenters. The second-order valence-electron chi connectivity index (χ2n) is 3.63. The van der Waals surface area contributed by atoms with Crippen LogP contribution in [0.15, 0.2) is 4.99 Å². The summed E-state index contributed by atoms with van der Waals surface area (Å²) in [6.07, 6.45) is 0. The van der Waals surface area contributed by atoms with E-state index in [0.717, 1.165) is 0 Å². The topological polar surface area (TPSA) is 15.6 Å². The van der Waals surface area contributed by atoms with Gasteiger partial charge in [0.25, 0.3) is 0 Å². The van der Waals surface area contributed by atoms with Crippen LogP contribution in [0.5, 0.6) is 0 Å². The fourth-order valence-corrected chi connectivity index (χ4v) is 1.05. The third-order valence-electron chi connectivity index (χ3n) is 1.37. The highest BCUT2D eigenvalue weighted by Gasteiger charge is 2.06. The van der Waals surface area contributed by atoms with Crippen LogP contribution >= 0.6 is 0 Å². The molecule has 0 aliphatic heterocycles. The van der Waals surface area contributed by atoms with E-state index in [9.17, 15) is 0 Å². The number of amidine groups is 1. The molecule has 0 aromatic rings. The van der Waals surface area contributed by atoms with E-state index >= 15 is 0 Å². The van der Waals surface area contributed by atoms with E-state index in [-0.39, 0.29) is 0 Å². The number of hydrogen-bond acceptors (Lipinski definition) is 1. The summed E-state index contributed by atoms with van der Waals surface area (Å²) in [5.74, 6) is 1.70. The van der Waals surface area contributed by atoms with Crippen LogP contribution in [0, 0.1) is 5.92 Å². The highest BCUT2D eigenvalue weighted by molar-refractivity contribution is 5.83. The summed E-state index contributed by atoms with van der Waals surface area (Å²) < 4.78 is 0. The van der Waals surface area contributed by atoms with Gasteiger partial charge in [-0.3, -0.25) is 4.99 Å². The van der Waals surface area contributed by atoms with Crippen LogP contribution < -0.4 is 0 Å². The van der Waals surface area contributed by atoms with Crippen molar-refractivity contribution in [2.45, 2.75) is 33.7 Å². The lowest BCUT2D eigenvalue weighted by molar-refractivity contribution is 0.563. The lowest BCUT2D eigenvalue weighted by Gasteiger charge is -2.20. The van der Waals surface area contributed by atoms with Crippen molar-refractivity contribution in [3.63, 3.8) is 0 Å². The molecule has 0 saturated heterocycles. The van der Waals surface area contributed by atoms with Gasteiger partial charge in [-0.25, -0.2) is 0 Å². The first-order chi connectivity index (χ1) is 4.95. The van der Waals surface area contributed by atoms with Crippen molar-refractivity contribution < 1.29 is 0 Å². The minimum atomic E-state index is 0.398. The maximum atomic E-state index is 4.52. The van der Waals surface area contributed by atoms with Gasteiger partial charge < -0.3 is 4.90 Å². The molecule has 0 aromatic heterocycles. The van der Waals surface area contributed by atoms with Crippen LogP contribution in [-0.2, 0) is 0 Å². The van der Waals surface area contributed by atoms with Crippen LogP contribution in [0.1, 0.15) is 27.7 Å². The molecular formula is C9H20N2. The first-order valence-corrected chi connectivity index (χ1v) is 4.20. The summed E-state index contributed by atoms with van der Waals surface area (Å²) in [6.45, 7) is 8.54. The number of nitrogens with zero attached hydrogens (tertiary/aromatic N) is 2. The molecule has 0 unspecified atom stereocenters. The van der Waals surface area contributed by atoms with E-state index in [1.165, 1.54) is 5.84 Å². The summed E-state index contributed by atoms with van der Waals surface area (Å²) >= 11 is 0. The molecule has 66 valence electrons. The molecule has 0 N–H and O–H groups in total. The predicted octanol–water partition coefficient (Wildman–Crippen LogP) is 2.01. The first-order valence-electron chi connectivity index (χ1n) is 4.20. The molecule has 0 aliphatic carbocycles. The zero-order chi connectivity index (χ0) is 9.02. The van der Waals surface area contributed by atoms with Crippen molar-refractivity contribution in [3.8, 4) is 0 Å². The van der Waals surface area contributed by atoms with Crippen LogP contribution in [-0.4, -0.2) is 30.9 Å². The van der Waals surface area contributed by atoms with Gasteiger partial charge >= 0.3 is 0 Å². The quantitative estimate of drug-likeness (QED) is 0.441. The summed E-state index contributed by atoms with van der Waals surface area (Å²) in [7, 11) is 4.09. The maximum absolute atomic E-state index is 4.52. The number of rotatable bonds is 2. The highest BCUT2D eigenvalue weighted by Crippen LogP contribution is 2.02. The zero-order valence-electron chi connectivity index (χ0n) is 8.55. The second-order valence-corrected chi connectivity index (χ2v) is 3.63. The van der Waals surface area contributed by atoms with Crippen LogP contribution in [0.3, 0.4) is 0 Å². The van der Waals surface area contributed by atoms with Gasteiger partial charge in [0.15, 0.2) is 0 Å². The average molecular weight is 156 g/mol. The second kappa shape index (κ2) is 4.37. The molecule has 0 bridgehead atoms. The maximum Gasteiger partial charge on any atom is 0.101 e. The van der Waals surface area contributed by atoms with Gasteiger partial charge in [0.1, 0.15) is 5.84 Å². The Kier molecular flexibility index (Phi) is 4.16. The summed E-state index contributed by atoms with van der Waals surface area (Å²) in [5.41, 5.74) is 0. The summed E-state index contributed by atoms with van der Waals surface area (Å²) in [4.78, 5) is 6.61. The van der Waals surface area contributed by atoms with Gasteiger partial charge in [0.2, 0.25) is 0 Å². The third-order valence-corrected chi connectivity index (χ3v) is 1.37. The van der Waals surface area contributed by atoms with E-state index in [1.807, 2.05) is 14.1 Å². The fraction of sp³-hybridized carbons (Fsp3) is 0.889. The predicted molar refractivity (Wildman–Crippen MR) is 51.1 cm³/mol. The standard InChI is InChI=1S/C9H20N2/c1-7(2)9(11(5)6)10-8(3)4/h7-8H,1-6H3/b10-9-. The smallest absolute Gasteiger partial charge is 0.101 e. The van der Waals surface area contributed by atoms with Crippen molar-refractivity contribution in [2.24, 2.45) is 10.9 Å². The molecule has 0 aromatic carbocycles. The van der Waals surface area contributed by atoms with E-state index in [1.54, 1.807) is 0 Å². The average Bonchev–Trinajstić information content (AvgIpc) is 1.81. The van der Waals surface area contributed by atoms with Gasteiger partial charge in [-0.1, -0.05) is 13.8 Å². The Morgan fingerprint density at radius 1 is 1.09 bits per heavy atom. The molecule has 0 fully saturated rings. The van der Waals surface area contributed by atoms with Gasteiger partial charge in [0.05, 0.1) is 0 Å². The van der Waals surface area contributed by atoms with Gasteiger partial charge in [-0.15, -0.1) is 0 Å². The van der Waals surface area contributed by atoms with E-state index in [4.69, 9.17) is 0 Å². The highest BCUT2D eigenvalue weighted by atomic mass is 15.1. The van der Waals surface area contributed by atoms with Crippen LogP contribution in [0.2, 0.25) is 0 Å². The Balaban J connectivity index is 4.33. The minimum absolute atomic E-state index is 0.398. The van der Waals surface area contributed by atoms with Crippen LogP contribution in [0.4, 0.5) is 0 Å². The molecule has 0 amide bonds. The van der Waals surface area contributed by atoms with E-state index in [0.29, 0.717) is 12.0 Å². The number of hydrogen-bond donors (Lipinski definition) is 0. The monoisotopic (exact) mass is 156 g/mol. The van der Waals surface area contributed by atoms with Crippen molar-refractivity contribution in [1.82, 2.24) is 4.90 Å². The summed E-state index contributed by atoms with van der Waals surface area (Å²) in [5, 5.41) is 0. The molecule has 0 heterocycles. The molecule has 2 heteroatoms. The molecule has 0 aliphatic rings. The normalized spacial score (nSPS) is 12.9. The lowest BCUT2D eigenvalue weighted by Crippen LogP contribution is -2.28. The summed E-state index contributed by atoms with van der Waals surface area (Å²) in [6, 6.07) is 0.398. The molecular weight excluding hydrogens is 136 g/mol. The third kappa shape index (κ3) is 4.02. The van der Waals surface area contributed by atoms with E-state index < -0.39 is 0 Å². The minimum Gasteiger partial charge on any atom is -0.366 e. The molecule has 11 heavy (non-hydrogen) atoms. The number of aliphatic imine (C=N–C) groups is 1. The Morgan fingerprint density at radius 3 is 1.64 bits per heavy atom. The van der Waals surface area contributed by atoms with Crippen molar-refractivity contribution >= 4 is 5.84 Å². The van der Waals surface area contributed by atoms with Crippen molar-refractivity contribution in [3.05, 3.63) is 0 Å². The Bertz CT molecular complexity index is 124. The first kappa shape index (κ1) is 10.5. The molecule has 0 rings (SSSR count).